The minimum Gasteiger partial charge on any atom is -0.504 e. The molecule has 2 bridgehead atoms. The number of ether oxygens (including phenoxy) is 1. The van der Waals surface area contributed by atoms with Gasteiger partial charge < -0.3 is 20.3 Å². The van der Waals surface area contributed by atoms with Gasteiger partial charge in [0.2, 0.25) is 0 Å². The third-order valence-corrected chi connectivity index (χ3v) is 6.00. The molecule has 114 valence electrons. The van der Waals surface area contributed by atoms with E-state index in [1.807, 2.05) is 6.07 Å². The van der Waals surface area contributed by atoms with Crippen LogP contribution in [0, 0.1) is 0 Å². The van der Waals surface area contributed by atoms with Crippen LogP contribution in [0.1, 0.15) is 24.5 Å². The lowest BCUT2D eigenvalue weighted by Crippen LogP contribution is -2.75. The van der Waals surface area contributed by atoms with E-state index in [1.54, 1.807) is 19.1 Å². The van der Waals surface area contributed by atoms with Gasteiger partial charge in [-0.15, -0.1) is 0 Å². The quantitative estimate of drug-likeness (QED) is 0.653. The molecule has 1 aromatic rings. The second-order valence-corrected chi connectivity index (χ2v) is 6.89. The normalized spacial score (nSPS) is 40.8. The number of carbonyl (C=O) groups excluding carboxylic acids is 1. The Morgan fingerprint density at radius 1 is 1.41 bits per heavy atom. The van der Waals surface area contributed by atoms with Gasteiger partial charge in [0.05, 0.1) is 5.41 Å². The van der Waals surface area contributed by atoms with Crippen molar-refractivity contribution >= 4 is 5.78 Å². The summed E-state index contributed by atoms with van der Waals surface area (Å²) in [6.45, 7) is 2.45. The van der Waals surface area contributed by atoms with Gasteiger partial charge in [-0.25, -0.2) is 0 Å². The van der Waals surface area contributed by atoms with Crippen LogP contribution in [-0.4, -0.2) is 40.3 Å². The molecule has 4 aliphatic rings. The first kappa shape index (κ1) is 12.7. The van der Waals surface area contributed by atoms with Gasteiger partial charge in [-0.1, -0.05) is 6.07 Å². The summed E-state index contributed by atoms with van der Waals surface area (Å²) < 4.78 is 5.93. The summed E-state index contributed by atoms with van der Waals surface area (Å²) in [5.74, 6) is 0.346. The summed E-state index contributed by atoms with van der Waals surface area (Å²) in [5, 5.41) is 25.1. The van der Waals surface area contributed by atoms with Gasteiger partial charge in [0, 0.05) is 11.6 Å². The molecule has 0 aromatic heterocycles. The summed E-state index contributed by atoms with van der Waals surface area (Å²) in [6.07, 6.45) is 2.25. The van der Waals surface area contributed by atoms with E-state index in [2.05, 4.69) is 5.32 Å². The molecule has 0 amide bonds. The summed E-state index contributed by atoms with van der Waals surface area (Å²) >= 11 is 0. The number of Topliss-reactive ketones (excluding diaryl/α,β-unsaturated/α-hetero) is 1. The number of carbonyl (C=O) groups is 1. The Hall–Kier alpha value is -1.85. The highest BCUT2D eigenvalue weighted by Crippen LogP contribution is 2.62. The van der Waals surface area contributed by atoms with Crippen LogP contribution in [0.15, 0.2) is 23.8 Å². The first-order valence-electron chi connectivity index (χ1n) is 7.70. The zero-order valence-corrected chi connectivity index (χ0v) is 12.2. The van der Waals surface area contributed by atoms with Crippen molar-refractivity contribution in [1.29, 1.82) is 0 Å². The predicted octanol–water partition coefficient (Wildman–Crippen LogP) is 0.569. The Morgan fingerprint density at radius 2 is 2.23 bits per heavy atom. The largest absolute Gasteiger partial charge is 0.504 e. The summed E-state index contributed by atoms with van der Waals surface area (Å²) in [5.41, 5.74) is 0.501. The maximum atomic E-state index is 12.7. The van der Waals surface area contributed by atoms with Crippen molar-refractivity contribution in [2.24, 2.45) is 0 Å². The van der Waals surface area contributed by atoms with Crippen LogP contribution in [0.25, 0.3) is 0 Å². The van der Waals surface area contributed by atoms with E-state index in [-0.39, 0.29) is 17.6 Å². The molecular weight excluding hydrogens is 282 g/mol. The lowest BCUT2D eigenvalue weighted by atomic mass is 9.50. The van der Waals surface area contributed by atoms with Crippen molar-refractivity contribution in [2.75, 3.05) is 6.54 Å². The van der Waals surface area contributed by atoms with Crippen LogP contribution in [0.4, 0.5) is 0 Å². The molecule has 2 heterocycles. The minimum absolute atomic E-state index is 0.0484. The van der Waals surface area contributed by atoms with Crippen LogP contribution in [0.3, 0.4) is 0 Å². The number of hydrogen-bond donors (Lipinski definition) is 3. The average molecular weight is 299 g/mol. The van der Waals surface area contributed by atoms with E-state index in [9.17, 15) is 15.0 Å². The lowest BCUT2D eigenvalue weighted by molar-refractivity contribution is -0.140. The van der Waals surface area contributed by atoms with Gasteiger partial charge in [0.1, 0.15) is 5.60 Å². The summed E-state index contributed by atoms with van der Waals surface area (Å²) in [4.78, 5) is 12.7. The highest BCUT2D eigenvalue weighted by Gasteiger charge is 2.71. The fraction of sp³-hybridized carbons (Fsp3) is 0.471. The smallest absolute Gasteiger partial charge is 0.199 e. The standard InChI is InChI=1S/C17H17NO4/c1-8-7-17(21)11-6-9-2-3-10(19)14-12(9)16(17,4-5-18-11)15(22-14)13(8)20/h2-3,7,11,15,18-19,21H,4-6H2,1H3/t11-,15+,16+,17-/m1/s1. The molecule has 1 aromatic carbocycles. The number of phenols is 1. The Kier molecular flexibility index (Phi) is 2.04. The van der Waals surface area contributed by atoms with Crippen molar-refractivity contribution in [1.82, 2.24) is 5.32 Å². The predicted molar refractivity (Wildman–Crippen MR) is 78.0 cm³/mol. The molecule has 5 nitrogen and oxygen atoms in total. The maximum Gasteiger partial charge on any atom is 0.199 e. The van der Waals surface area contributed by atoms with E-state index in [0.29, 0.717) is 24.2 Å². The van der Waals surface area contributed by atoms with E-state index in [0.717, 1.165) is 17.7 Å². The van der Waals surface area contributed by atoms with Crippen LogP contribution in [-0.2, 0) is 16.6 Å². The Labute approximate surface area is 127 Å². The molecule has 3 N–H and O–H groups in total. The van der Waals surface area contributed by atoms with Gasteiger partial charge in [-0.3, -0.25) is 4.79 Å². The molecule has 2 aliphatic heterocycles. The summed E-state index contributed by atoms with van der Waals surface area (Å²) in [6, 6.07) is 3.36. The fourth-order valence-corrected chi connectivity index (χ4v) is 5.08. The van der Waals surface area contributed by atoms with Crippen LogP contribution in [0.5, 0.6) is 11.5 Å². The molecular formula is C17H17NO4. The van der Waals surface area contributed by atoms with Gasteiger partial charge in [-0.05, 0) is 49.6 Å². The second kappa shape index (κ2) is 3.55. The van der Waals surface area contributed by atoms with Crippen molar-refractivity contribution < 1.29 is 19.7 Å². The van der Waals surface area contributed by atoms with Gasteiger partial charge in [-0.2, -0.15) is 0 Å². The minimum atomic E-state index is -1.15. The van der Waals surface area contributed by atoms with Crippen LogP contribution >= 0.6 is 0 Å². The molecule has 0 radical (unpaired) electrons. The highest BCUT2D eigenvalue weighted by molar-refractivity contribution is 6.03. The van der Waals surface area contributed by atoms with Crippen molar-refractivity contribution in [2.45, 2.75) is 42.9 Å². The van der Waals surface area contributed by atoms with Gasteiger partial charge in [0.25, 0.3) is 0 Å². The number of phenolic OH excluding ortho intramolecular Hbond substituents is 1. The van der Waals surface area contributed by atoms with E-state index >= 15 is 0 Å². The molecule has 1 saturated heterocycles. The number of rotatable bonds is 0. The highest BCUT2D eigenvalue weighted by atomic mass is 16.5. The molecule has 4 atom stereocenters. The van der Waals surface area contributed by atoms with E-state index < -0.39 is 17.1 Å². The number of piperidine rings is 1. The first-order chi connectivity index (χ1) is 10.5. The SMILES string of the molecule is CC1=C[C@@]2(O)[C@H]3Cc4ccc(O)c5c4[C@@]2(CCN3)[C@@H](O5)C1=O. The van der Waals surface area contributed by atoms with E-state index in [4.69, 9.17) is 4.74 Å². The molecule has 5 heteroatoms. The van der Waals surface area contributed by atoms with Crippen LogP contribution in [0.2, 0.25) is 0 Å². The first-order valence-corrected chi connectivity index (χ1v) is 7.70. The molecule has 0 saturated carbocycles. The number of aliphatic hydroxyl groups is 1. The van der Waals surface area contributed by atoms with Crippen molar-refractivity contribution in [3.63, 3.8) is 0 Å². The zero-order chi connectivity index (χ0) is 15.3. The third kappa shape index (κ3) is 1.08. The molecule has 1 spiro atoms. The molecule has 5 rings (SSSR count). The second-order valence-electron chi connectivity index (χ2n) is 6.89. The number of ketones is 1. The summed E-state index contributed by atoms with van der Waals surface area (Å²) in [7, 11) is 0. The number of nitrogens with one attached hydrogen (secondary N) is 1. The topological polar surface area (TPSA) is 78.8 Å². The van der Waals surface area contributed by atoms with Crippen molar-refractivity contribution in [3.05, 3.63) is 34.9 Å². The number of aromatic hydroxyl groups is 1. The molecule has 2 aliphatic carbocycles. The average Bonchev–Trinajstić information content (AvgIpc) is 2.81. The Balaban J connectivity index is 1.92. The monoisotopic (exact) mass is 299 g/mol. The van der Waals surface area contributed by atoms with Gasteiger partial charge in [0.15, 0.2) is 23.4 Å². The number of benzene rings is 1. The number of hydrogen-bond acceptors (Lipinski definition) is 5. The fourth-order valence-electron chi connectivity index (χ4n) is 5.08. The third-order valence-electron chi connectivity index (χ3n) is 6.00. The molecule has 0 unspecified atom stereocenters. The van der Waals surface area contributed by atoms with Crippen molar-refractivity contribution in [3.8, 4) is 11.5 Å². The van der Waals surface area contributed by atoms with Gasteiger partial charge >= 0.3 is 0 Å². The van der Waals surface area contributed by atoms with E-state index in [1.165, 1.54) is 0 Å². The lowest BCUT2D eigenvalue weighted by Gasteiger charge is -2.58. The maximum absolute atomic E-state index is 12.7. The zero-order valence-electron chi connectivity index (χ0n) is 12.2. The molecule has 1 fully saturated rings. The Bertz CT molecular complexity index is 770. The Morgan fingerprint density at radius 3 is 3.05 bits per heavy atom. The van der Waals surface area contributed by atoms with Crippen LogP contribution < -0.4 is 10.1 Å². The molecule has 22 heavy (non-hydrogen) atoms.